The van der Waals surface area contributed by atoms with E-state index >= 15 is 0 Å². The molecule has 0 bridgehead atoms. The van der Waals surface area contributed by atoms with Gasteiger partial charge in [-0.05, 0) is 36.8 Å². The van der Waals surface area contributed by atoms with Crippen molar-refractivity contribution in [2.75, 3.05) is 6.61 Å². The molecule has 0 N–H and O–H groups in total. The van der Waals surface area contributed by atoms with Crippen LogP contribution in [0.1, 0.15) is 66.5 Å². The van der Waals surface area contributed by atoms with Crippen molar-refractivity contribution in [2.45, 2.75) is 66.2 Å². The topological polar surface area (TPSA) is 26.5 Å². The Balaban J connectivity index is 1.93. The first-order chi connectivity index (χ1) is 10.1. The first-order valence-electron chi connectivity index (χ1n) is 8.27. The van der Waals surface area contributed by atoms with Crippen molar-refractivity contribution in [1.82, 2.24) is 9.38 Å². The standard InChI is InChI=1S/C19H30N2O/c1-18(2,3)11-7-8-12-22-15-9-10-17-20-16(19(4,5)6)14-21(17)13-15/h9-10,13-14H,7-8,11-12H2,1-6H3. The molecular formula is C19H30N2O. The predicted octanol–water partition coefficient (Wildman–Crippen LogP) is 5.23. The first-order valence-corrected chi connectivity index (χ1v) is 8.27. The monoisotopic (exact) mass is 302 g/mol. The number of hydrogen-bond acceptors (Lipinski definition) is 2. The fourth-order valence-corrected chi connectivity index (χ4v) is 2.37. The summed E-state index contributed by atoms with van der Waals surface area (Å²) in [5, 5.41) is 0. The molecule has 0 radical (unpaired) electrons. The van der Waals surface area contributed by atoms with Crippen LogP contribution in [0.4, 0.5) is 0 Å². The molecule has 0 spiro atoms. The molecule has 0 aliphatic heterocycles. The summed E-state index contributed by atoms with van der Waals surface area (Å²) in [7, 11) is 0. The molecule has 0 saturated carbocycles. The van der Waals surface area contributed by atoms with Gasteiger partial charge in [0.1, 0.15) is 11.4 Å². The summed E-state index contributed by atoms with van der Waals surface area (Å²) in [6, 6.07) is 4.04. The molecule has 0 aromatic carbocycles. The third-order valence-corrected chi connectivity index (χ3v) is 3.78. The second-order valence-electron chi connectivity index (χ2n) is 8.37. The maximum atomic E-state index is 5.88. The summed E-state index contributed by atoms with van der Waals surface area (Å²) < 4.78 is 7.94. The van der Waals surface area contributed by atoms with E-state index < -0.39 is 0 Å². The van der Waals surface area contributed by atoms with Crippen LogP contribution in [0.25, 0.3) is 5.65 Å². The van der Waals surface area contributed by atoms with Crippen molar-refractivity contribution in [3.05, 3.63) is 30.2 Å². The molecule has 2 aromatic heterocycles. The summed E-state index contributed by atoms with van der Waals surface area (Å²) in [5.41, 5.74) is 2.57. The Bertz CT molecular complexity index is 614. The SMILES string of the molecule is CC(C)(C)CCCCOc1ccc2nc(C(C)(C)C)cn2c1. The molecule has 2 rings (SSSR count). The van der Waals surface area contributed by atoms with E-state index in [2.05, 4.69) is 57.1 Å². The van der Waals surface area contributed by atoms with E-state index in [0.717, 1.165) is 30.1 Å². The molecule has 22 heavy (non-hydrogen) atoms. The third kappa shape index (κ3) is 4.75. The molecule has 0 amide bonds. The summed E-state index contributed by atoms with van der Waals surface area (Å²) in [5.74, 6) is 0.918. The van der Waals surface area contributed by atoms with Gasteiger partial charge in [0.15, 0.2) is 0 Å². The highest BCUT2D eigenvalue weighted by atomic mass is 16.5. The molecule has 0 atom stereocenters. The Morgan fingerprint density at radius 2 is 1.73 bits per heavy atom. The van der Waals surface area contributed by atoms with Gasteiger partial charge in [-0.15, -0.1) is 0 Å². The quantitative estimate of drug-likeness (QED) is 0.707. The van der Waals surface area contributed by atoms with Gasteiger partial charge in [-0.2, -0.15) is 0 Å². The average molecular weight is 302 g/mol. The van der Waals surface area contributed by atoms with Crippen LogP contribution in [-0.4, -0.2) is 16.0 Å². The minimum Gasteiger partial charge on any atom is -0.492 e. The molecule has 0 aliphatic rings. The molecule has 122 valence electrons. The lowest BCUT2D eigenvalue weighted by Gasteiger charge is -2.17. The van der Waals surface area contributed by atoms with Crippen LogP contribution >= 0.6 is 0 Å². The van der Waals surface area contributed by atoms with E-state index in [1.165, 1.54) is 12.8 Å². The van der Waals surface area contributed by atoms with Crippen LogP contribution in [0.5, 0.6) is 5.75 Å². The number of fused-ring (bicyclic) bond motifs is 1. The summed E-state index contributed by atoms with van der Waals surface area (Å²) >= 11 is 0. The van der Waals surface area contributed by atoms with E-state index in [9.17, 15) is 0 Å². The molecule has 0 saturated heterocycles. The van der Waals surface area contributed by atoms with Crippen molar-refractivity contribution in [3.63, 3.8) is 0 Å². The smallest absolute Gasteiger partial charge is 0.137 e. The van der Waals surface area contributed by atoms with Gasteiger partial charge in [0.2, 0.25) is 0 Å². The van der Waals surface area contributed by atoms with E-state index in [1.807, 2.05) is 18.3 Å². The highest BCUT2D eigenvalue weighted by Crippen LogP contribution is 2.24. The van der Waals surface area contributed by atoms with Crippen LogP contribution < -0.4 is 4.74 Å². The number of pyridine rings is 1. The number of imidazole rings is 1. The second kappa shape index (κ2) is 6.31. The minimum atomic E-state index is 0.0694. The highest BCUT2D eigenvalue weighted by Gasteiger charge is 2.17. The molecule has 2 heterocycles. The highest BCUT2D eigenvalue weighted by molar-refractivity contribution is 5.44. The summed E-state index contributed by atoms with van der Waals surface area (Å²) in [4.78, 5) is 4.67. The Kier molecular flexibility index (Phi) is 4.84. The van der Waals surface area contributed by atoms with E-state index in [4.69, 9.17) is 4.74 Å². The first kappa shape index (κ1) is 16.9. The van der Waals surface area contributed by atoms with Gasteiger partial charge in [-0.25, -0.2) is 4.98 Å². The van der Waals surface area contributed by atoms with Crippen LogP contribution in [0.3, 0.4) is 0 Å². The molecular weight excluding hydrogens is 272 g/mol. The van der Waals surface area contributed by atoms with Crippen LogP contribution in [-0.2, 0) is 5.41 Å². The van der Waals surface area contributed by atoms with Crippen LogP contribution in [0.15, 0.2) is 24.5 Å². The zero-order valence-electron chi connectivity index (χ0n) is 14.9. The normalized spacial score (nSPS) is 12.8. The van der Waals surface area contributed by atoms with Crippen molar-refractivity contribution < 1.29 is 4.74 Å². The number of ether oxygens (including phenoxy) is 1. The second-order valence-corrected chi connectivity index (χ2v) is 8.37. The Morgan fingerprint density at radius 1 is 1.00 bits per heavy atom. The van der Waals surface area contributed by atoms with Crippen molar-refractivity contribution in [1.29, 1.82) is 0 Å². The lowest BCUT2D eigenvalue weighted by atomic mass is 9.90. The summed E-state index contributed by atoms with van der Waals surface area (Å²) in [6.45, 7) is 14.2. The van der Waals surface area contributed by atoms with Gasteiger partial charge >= 0.3 is 0 Å². The molecule has 0 aliphatic carbocycles. The lowest BCUT2D eigenvalue weighted by Crippen LogP contribution is -2.11. The fraction of sp³-hybridized carbons (Fsp3) is 0.632. The zero-order valence-corrected chi connectivity index (χ0v) is 14.9. The maximum absolute atomic E-state index is 5.88. The van der Waals surface area contributed by atoms with Gasteiger partial charge in [-0.1, -0.05) is 41.5 Å². The lowest BCUT2D eigenvalue weighted by molar-refractivity contribution is 0.284. The summed E-state index contributed by atoms with van der Waals surface area (Å²) in [6.07, 6.45) is 7.69. The third-order valence-electron chi connectivity index (χ3n) is 3.78. The molecule has 2 aromatic rings. The van der Waals surface area contributed by atoms with Crippen LogP contribution in [0.2, 0.25) is 0 Å². The fourth-order valence-electron chi connectivity index (χ4n) is 2.37. The number of rotatable bonds is 5. The van der Waals surface area contributed by atoms with E-state index in [1.54, 1.807) is 0 Å². The molecule has 0 fully saturated rings. The average Bonchev–Trinajstić information content (AvgIpc) is 2.80. The van der Waals surface area contributed by atoms with E-state index in [0.29, 0.717) is 5.41 Å². The predicted molar refractivity (Wildman–Crippen MR) is 92.7 cm³/mol. The van der Waals surface area contributed by atoms with Gasteiger partial charge in [-0.3, -0.25) is 0 Å². The van der Waals surface area contributed by atoms with Crippen LogP contribution in [0, 0.1) is 5.41 Å². The Labute approximate surface area is 134 Å². The number of unbranched alkanes of at least 4 members (excludes halogenated alkanes) is 1. The van der Waals surface area contributed by atoms with Crippen molar-refractivity contribution in [2.24, 2.45) is 5.41 Å². The van der Waals surface area contributed by atoms with Crippen molar-refractivity contribution in [3.8, 4) is 5.75 Å². The Morgan fingerprint density at radius 3 is 2.36 bits per heavy atom. The van der Waals surface area contributed by atoms with E-state index in [-0.39, 0.29) is 5.41 Å². The van der Waals surface area contributed by atoms with Gasteiger partial charge < -0.3 is 9.14 Å². The number of hydrogen-bond donors (Lipinski definition) is 0. The number of aromatic nitrogens is 2. The van der Waals surface area contributed by atoms with Gasteiger partial charge in [0, 0.05) is 11.6 Å². The molecule has 0 unspecified atom stereocenters. The van der Waals surface area contributed by atoms with Crippen molar-refractivity contribution >= 4 is 5.65 Å². The zero-order chi connectivity index (χ0) is 16.4. The van der Waals surface area contributed by atoms with Gasteiger partial charge in [0.25, 0.3) is 0 Å². The Hall–Kier alpha value is -1.51. The maximum Gasteiger partial charge on any atom is 0.137 e. The molecule has 3 nitrogen and oxygen atoms in total. The number of nitrogens with zero attached hydrogens (tertiary/aromatic N) is 2. The largest absolute Gasteiger partial charge is 0.492 e. The minimum absolute atomic E-state index is 0.0694. The van der Waals surface area contributed by atoms with Gasteiger partial charge in [0.05, 0.1) is 18.5 Å². The molecule has 3 heteroatoms.